The van der Waals surface area contributed by atoms with Crippen LogP contribution in [-0.2, 0) is 20.0 Å². The number of carbonyl (C=O) groups is 1. The van der Waals surface area contributed by atoms with Crippen molar-refractivity contribution in [3.05, 3.63) is 40.4 Å². The molecule has 204 valence electrons. The number of benzene rings is 2. The molecule has 9 N–H and O–H groups in total. The minimum atomic E-state index is -4.69. The van der Waals surface area contributed by atoms with Gasteiger partial charge in [0.05, 0.1) is 16.8 Å². The second kappa shape index (κ2) is 11.0. The first-order chi connectivity index (χ1) is 17.9. The Morgan fingerprint density at radius 2 is 1.95 bits per heavy atom. The van der Waals surface area contributed by atoms with Gasteiger partial charge in [0.1, 0.15) is 9.79 Å². The number of nitrogens with two attached hydrogens (primary N) is 3. The highest BCUT2D eigenvalue weighted by molar-refractivity contribution is 7.92. The first kappa shape index (κ1) is 28.0. The first-order valence-electron chi connectivity index (χ1n) is 11.4. The van der Waals surface area contributed by atoms with Gasteiger partial charge in [-0.15, -0.1) is 5.11 Å². The molecule has 38 heavy (non-hydrogen) atoms. The Morgan fingerprint density at radius 1 is 1.18 bits per heavy atom. The zero-order valence-corrected chi connectivity index (χ0v) is 22.3. The Kier molecular flexibility index (Phi) is 8.12. The van der Waals surface area contributed by atoms with Gasteiger partial charge in [-0.25, -0.2) is 31.7 Å². The van der Waals surface area contributed by atoms with E-state index in [1.807, 2.05) is 0 Å². The molecule has 2 aromatic carbocycles. The van der Waals surface area contributed by atoms with Crippen molar-refractivity contribution in [2.45, 2.75) is 22.3 Å². The average molecular weight is 584 g/mol. The van der Waals surface area contributed by atoms with Gasteiger partial charge >= 0.3 is 0 Å². The second-order valence-corrected chi connectivity index (χ2v) is 12.1. The fourth-order valence-corrected chi connectivity index (χ4v) is 7.30. The quantitative estimate of drug-likeness (QED) is 0.214. The molecule has 14 nitrogen and oxygen atoms in total. The van der Waals surface area contributed by atoms with Gasteiger partial charge in [-0.2, -0.15) is 5.11 Å². The van der Waals surface area contributed by atoms with Crippen LogP contribution in [-0.4, -0.2) is 67.5 Å². The van der Waals surface area contributed by atoms with Crippen LogP contribution in [0.4, 0.5) is 5.69 Å². The SMILES string of the molecule is NCCNC(=O)c1cc(Cl)cc(-c2ccc(S(=O)(=O)N[C@@H]3CCNC3)c(S(N)(=O)=O)c2C2=NCN=N2)c1N. The number of amidine groups is 1. The van der Waals surface area contributed by atoms with Crippen LogP contribution in [0.3, 0.4) is 0 Å². The zero-order chi connectivity index (χ0) is 27.7. The topological polar surface area (TPSA) is 237 Å². The summed E-state index contributed by atoms with van der Waals surface area (Å²) in [6.07, 6.45) is 0.518. The molecule has 0 aromatic heterocycles. The third kappa shape index (κ3) is 5.70. The summed E-state index contributed by atoms with van der Waals surface area (Å²) in [4.78, 5) is 15.5. The van der Waals surface area contributed by atoms with Crippen molar-refractivity contribution in [1.82, 2.24) is 15.4 Å². The lowest BCUT2D eigenvalue weighted by Crippen LogP contribution is -2.37. The monoisotopic (exact) mass is 583 g/mol. The van der Waals surface area contributed by atoms with Gasteiger partial charge in [0.2, 0.25) is 20.0 Å². The van der Waals surface area contributed by atoms with E-state index in [2.05, 4.69) is 30.6 Å². The molecular weight excluding hydrogens is 558 g/mol. The molecule has 0 saturated carbocycles. The second-order valence-electron chi connectivity index (χ2n) is 8.50. The van der Waals surface area contributed by atoms with E-state index in [0.29, 0.717) is 19.5 Å². The van der Waals surface area contributed by atoms with Gasteiger partial charge < -0.3 is 22.1 Å². The summed E-state index contributed by atoms with van der Waals surface area (Å²) in [5.74, 6) is -0.728. The Hall–Kier alpha value is -2.99. The number of nitrogens with zero attached hydrogens (tertiary/aromatic N) is 3. The summed E-state index contributed by atoms with van der Waals surface area (Å²) in [7, 11) is -9.06. The highest BCUT2D eigenvalue weighted by atomic mass is 35.5. The van der Waals surface area contributed by atoms with Crippen LogP contribution < -0.4 is 32.0 Å². The fraction of sp³-hybridized carbons (Fsp3) is 0.333. The maximum absolute atomic E-state index is 13.4. The number of nitrogen functional groups attached to an aromatic ring is 1. The van der Waals surface area contributed by atoms with Crippen molar-refractivity contribution < 1.29 is 21.6 Å². The molecule has 2 aromatic rings. The number of amides is 1. The maximum Gasteiger partial charge on any atom is 0.253 e. The summed E-state index contributed by atoms with van der Waals surface area (Å²) >= 11 is 6.30. The molecule has 0 radical (unpaired) electrons. The fourth-order valence-electron chi connectivity index (χ4n) is 4.21. The number of halogens is 1. The first-order valence-corrected chi connectivity index (χ1v) is 14.8. The summed E-state index contributed by atoms with van der Waals surface area (Å²) in [5, 5.41) is 19.0. The van der Waals surface area contributed by atoms with Crippen LogP contribution in [0.15, 0.2) is 49.3 Å². The molecule has 0 unspecified atom stereocenters. The Bertz CT molecular complexity index is 1550. The number of azo groups is 1. The molecule has 0 bridgehead atoms. The molecule has 17 heteroatoms. The number of hydrogen-bond donors (Lipinski definition) is 6. The average Bonchev–Trinajstić information content (AvgIpc) is 3.56. The van der Waals surface area contributed by atoms with E-state index in [4.69, 9.17) is 28.2 Å². The molecule has 0 aliphatic carbocycles. The van der Waals surface area contributed by atoms with Gasteiger partial charge in [0, 0.05) is 36.3 Å². The lowest BCUT2D eigenvalue weighted by molar-refractivity contribution is 0.0955. The van der Waals surface area contributed by atoms with Crippen LogP contribution in [0.1, 0.15) is 22.3 Å². The summed E-state index contributed by atoms with van der Waals surface area (Å²) in [6, 6.07) is 4.75. The van der Waals surface area contributed by atoms with Crippen molar-refractivity contribution in [3.63, 3.8) is 0 Å². The normalized spacial score (nSPS) is 17.6. The lowest BCUT2D eigenvalue weighted by atomic mass is 9.95. The van der Waals surface area contributed by atoms with Crippen molar-refractivity contribution in [3.8, 4) is 11.1 Å². The molecule has 1 atom stereocenters. The molecule has 1 amide bonds. The number of sulfonamides is 2. The lowest BCUT2D eigenvalue weighted by Gasteiger charge is -2.20. The number of carbonyl (C=O) groups excluding carboxylic acids is 1. The van der Waals surface area contributed by atoms with Gasteiger partial charge in [-0.1, -0.05) is 17.7 Å². The van der Waals surface area contributed by atoms with E-state index in [-0.39, 0.29) is 58.6 Å². The van der Waals surface area contributed by atoms with E-state index in [9.17, 15) is 21.6 Å². The number of anilines is 1. The largest absolute Gasteiger partial charge is 0.398 e. The number of rotatable bonds is 9. The predicted octanol–water partition coefficient (Wildman–Crippen LogP) is -0.265. The van der Waals surface area contributed by atoms with Crippen molar-refractivity contribution in [2.75, 3.05) is 38.6 Å². The molecule has 1 saturated heterocycles. The highest BCUT2D eigenvalue weighted by Crippen LogP contribution is 2.39. The minimum Gasteiger partial charge on any atom is -0.398 e. The zero-order valence-electron chi connectivity index (χ0n) is 19.9. The van der Waals surface area contributed by atoms with Crippen LogP contribution in [0, 0.1) is 0 Å². The number of hydrogen-bond acceptors (Lipinski definition) is 11. The number of nitrogens with one attached hydrogen (secondary N) is 3. The molecular formula is C21H26ClN9O5S2. The third-order valence-corrected chi connectivity index (χ3v) is 8.76. The Labute approximate surface area is 224 Å². The molecule has 2 heterocycles. The molecule has 2 aliphatic rings. The van der Waals surface area contributed by atoms with Crippen LogP contribution in [0.5, 0.6) is 0 Å². The Balaban J connectivity index is 2.00. The highest BCUT2D eigenvalue weighted by Gasteiger charge is 2.34. The van der Waals surface area contributed by atoms with E-state index < -0.39 is 41.8 Å². The Morgan fingerprint density at radius 3 is 2.55 bits per heavy atom. The van der Waals surface area contributed by atoms with Gasteiger partial charge in [-0.3, -0.25) is 4.79 Å². The van der Waals surface area contributed by atoms with E-state index in [1.165, 1.54) is 18.2 Å². The van der Waals surface area contributed by atoms with Crippen molar-refractivity contribution in [2.24, 2.45) is 26.1 Å². The predicted molar refractivity (Wildman–Crippen MR) is 142 cm³/mol. The summed E-state index contributed by atoms with van der Waals surface area (Å²) in [6.45, 7) is 1.23. The van der Waals surface area contributed by atoms with E-state index >= 15 is 0 Å². The molecule has 0 spiro atoms. The molecule has 4 rings (SSSR count). The number of primary sulfonamides is 1. The maximum atomic E-state index is 13.4. The van der Waals surface area contributed by atoms with Gasteiger partial charge in [0.15, 0.2) is 12.5 Å². The van der Waals surface area contributed by atoms with Crippen LogP contribution in [0.2, 0.25) is 5.02 Å². The molecule has 2 aliphatic heterocycles. The van der Waals surface area contributed by atoms with Crippen LogP contribution in [0.25, 0.3) is 11.1 Å². The minimum absolute atomic E-state index is 0.00569. The van der Waals surface area contributed by atoms with Gasteiger partial charge in [0.25, 0.3) is 5.91 Å². The standard InChI is InChI=1S/C21H26ClN9O5S2/c22-11-7-14(18(24)15(8-11)21(32)27-6-4-23)13-1-2-16(38(35,36)31-12-3-5-26-9-12)19(37(25,33)34)17(13)20-28-10-29-30-20/h1-2,7-8,12,26,31H,3-6,9-10,23-24H2,(H,27,32)(H2,25,33,34)/t12-/m1/s1. The van der Waals surface area contributed by atoms with Gasteiger partial charge in [-0.05, 0) is 36.7 Å². The van der Waals surface area contributed by atoms with E-state index in [0.717, 1.165) is 6.07 Å². The van der Waals surface area contributed by atoms with Crippen molar-refractivity contribution >= 4 is 49.1 Å². The van der Waals surface area contributed by atoms with Crippen LogP contribution >= 0.6 is 11.6 Å². The molecule has 1 fully saturated rings. The summed E-state index contributed by atoms with van der Waals surface area (Å²) < 4.78 is 55.2. The number of aliphatic imine (C=N–C) groups is 1. The summed E-state index contributed by atoms with van der Waals surface area (Å²) in [5.41, 5.74) is 11.8. The smallest absolute Gasteiger partial charge is 0.253 e. The third-order valence-electron chi connectivity index (χ3n) is 5.86. The van der Waals surface area contributed by atoms with E-state index in [1.54, 1.807) is 0 Å². The van der Waals surface area contributed by atoms with Crippen molar-refractivity contribution in [1.29, 1.82) is 0 Å².